The molecule has 0 saturated carbocycles. The van der Waals surface area contributed by atoms with Crippen LogP contribution in [0.3, 0.4) is 0 Å². The van der Waals surface area contributed by atoms with Crippen LogP contribution in [-0.2, 0) is 9.53 Å². The molecule has 10 nitrogen and oxygen atoms in total. The van der Waals surface area contributed by atoms with Gasteiger partial charge in [-0.1, -0.05) is 0 Å². The highest BCUT2D eigenvalue weighted by Gasteiger charge is 2.44. The number of rotatable bonds is 7. The number of carbonyl (C=O) groups is 2. The predicted molar refractivity (Wildman–Crippen MR) is 120 cm³/mol. The van der Waals surface area contributed by atoms with Crippen LogP contribution in [0.5, 0.6) is 0 Å². The van der Waals surface area contributed by atoms with Crippen molar-refractivity contribution in [2.45, 2.75) is 19.9 Å². The van der Waals surface area contributed by atoms with Crippen LogP contribution in [0, 0.1) is 24.0 Å². The maximum Gasteiger partial charge on any atom is 0.290 e. The molecule has 2 aliphatic rings. The van der Waals surface area contributed by atoms with E-state index in [1.165, 1.54) is 40.5 Å². The molecule has 2 aromatic rings. The second-order valence-corrected chi connectivity index (χ2v) is 9.15. The van der Waals surface area contributed by atoms with Crippen LogP contribution in [0.1, 0.15) is 32.0 Å². The summed E-state index contributed by atoms with van der Waals surface area (Å²) < 4.78 is 5.37. The van der Waals surface area contributed by atoms with Crippen molar-refractivity contribution in [2.75, 3.05) is 39.4 Å². The number of aliphatic hydroxyl groups excluding tert-OH is 1. The summed E-state index contributed by atoms with van der Waals surface area (Å²) in [6, 6.07) is 4.86. The molecule has 33 heavy (non-hydrogen) atoms. The minimum absolute atomic E-state index is 0.0254. The summed E-state index contributed by atoms with van der Waals surface area (Å²) in [5.74, 6) is -1.68. The van der Waals surface area contributed by atoms with Gasteiger partial charge < -0.3 is 14.7 Å². The van der Waals surface area contributed by atoms with E-state index in [1.54, 1.807) is 13.8 Å². The van der Waals surface area contributed by atoms with E-state index in [-0.39, 0.29) is 17.8 Å². The Kier molecular flexibility index (Phi) is 6.54. The second kappa shape index (κ2) is 9.38. The number of nitro benzene ring substituents is 1. The van der Waals surface area contributed by atoms with E-state index in [4.69, 9.17) is 4.74 Å². The molecule has 0 aliphatic carbocycles. The van der Waals surface area contributed by atoms with Gasteiger partial charge in [0.15, 0.2) is 5.76 Å². The largest absolute Gasteiger partial charge is 0.503 e. The minimum Gasteiger partial charge on any atom is -0.503 e. The van der Waals surface area contributed by atoms with E-state index in [0.717, 1.165) is 13.1 Å². The van der Waals surface area contributed by atoms with Crippen molar-refractivity contribution in [2.24, 2.45) is 0 Å². The van der Waals surface area contributed by atoms with E-state index in [9.17, 15) is 24.8 Å². The number of ether oxygens (including phenoxy) is 1. The number of thiazole rings is 1. The smallest absolute Gasteiger partial charge is 0.290 e. The van der Waals surface area contributed by atoms with Crippen molar-refractivity contribution in [1.82, 2.24) is 14.8 Å². The fourth-order valence-corrected chi connectivity index (χ4v) is 5.05. The van der Waals surface area contributed by atoms with Crippen LogP contribution in [0.4, 0.5) is 5.69 Å². The third-order valence-electron chi connectivity index (χ3n) is 5.84. The number of benzene rings is 1. The normalized spacial score (nSPS) is 19.4. The van der Waals surface area contributed by atoms with Crippen LogP contribution in [-0.4, -0.2) is 75.9 Å². The number of nitrogens with zero attached hydrogens (tertiary/aromatic N) is 4. The second-order valence-electron chi connectivity index (χ2n) is 7.94. The number of aryl methyl sites for hydroxylation is 2. The highest BCUT2D eigenvalue weighted by Crippen LogP contribution is 2.40. The fourth-order valence-electron chi connectivity index (χ4n) is 4.18. The zero-order valence-electron chi connectivity index (χ0n) is 18.3. The molecule has 0 unspecified atom stereocenters. The molecule has 1 fully saturated rings. The average molecular weight is 473 g/mol. The van der Waals surface area contributed by atoms with Crippen molar-refractivity contribution >= 4 is 28.7 Å². The Bertz CT molecular complexity index is 1120. The number of hydrogen-bond donors (Lipinski definition) is 1. The van der Waals surface area contributed by atoms with E-state index < -0.39 is 28.4 Å². The number of non-ortho nitro benzene ring substituents is 1. The first-order chi connectivity index (χ1) is 15.8. The Morgan fingerprint density at radius 3 is 2.48 bits per heavy atom. The molecule has 1 atom stereocenters. The van der Waals surface area contributed by atoms with Crippen LogP contribution < -0.4 is 0 Å². The van der Waals surface area contributed by atoms with Gasteiger partial charge in [-0.15, -0.1) is 11.3 Å². The highest BCUT2D eigenvalue weighted by molar-refractivity contribution is 7.14. The van der Waals surface area contributed by atoms with Gasteiger partial charge in [0.05, 0.1) is 45.3 Å². The molecule has 1 aromatic heterocycles. The number of morpholine rings is 1. The van der Waals surface area contributed by atoms with E-state index in [1.807, 2.05) is 0 Å². The molecule has 0 bridgehead atoms. The molecule has 1 N–H and O–H groups in total. The number of nitro groups is 1. The Balaban J connectivity index is 1.70. The minimum atomic E-state index is -0.853. The van der Waals surface area contributed by atoms with Gasteiger partial charge in [-0.2, -0.15) is 0 Å². The first-order valence-electron chi connectivity index (χ1n) is 10.5. The molecule has 0 spiro atoms. The van der Waals surface area contributed by atoms with Crippen LogP contribution >= 0.6 is 11.3 Å². The van der Waals surface area contributed by atoms with Crippen molar-refractivity contribution in [1.29, 1.82) is 0 Å². The Morgan fingerprint density at radius 2 is 1.91 bits per heavy atom. The summed E-state index contributed by atoms with van der Waals surface area (Å²) in [4.78, 5) is 45.4. The van der Waals surface area contributed by atoms with Gasteiger partial charge in [0, 0.05) is 38.3 Å². The van der Waals surface area contributed by atoms with Gasteiger partial charge in [0.1, 0.15) is 0 Å². The molecule has 174 valence electrons. The third-order valence-corrected chi connectivity index (χ3v) is 6.91. The summed E-state index contributed by atoms with van der Waals surface area (Å²) in [5.41, 5.74) is 0.923. The Labute approximate surface area is 194 Å². The number of amides is 1. The Hall–Kier alpha value is -3.15. The fraction of sp³-hybridized carbons (Fsp3) is 0.409. The topological polar surface area (TPSA) is 126 Å². The monoisotopic (exact) mass is 472 g/mol. The van der Waals surface area contributed by atoms with Gasteiger partial charge in [-0.05, 0) is 31.5 Å². The number of Topliss-reactive ketones (excluding diaryl/α,β-unsaturated/α-hetero) is 1. The lowest BCUT2D eigenvalue weighted by Crippen LogP contribution is -2.43. The summed E-state index contributed by atoms with van der Waals surface area (Å²) in [5, 5.41) is 22.6. The number of aliphatic hydroxyl groups is 1. The zero-order valence-corrected chi connectivity index (χ0v) is 19.1. The quantitative estimate of drug-likeness (QED) is 0.370. The molecule has 3 heterocycles. The molecular formula is C22H24N4O6S. The maximum atomic E-state index is 13.5. The summed E-state index contributed by atoms with van der Waals surface area (Å²) in [6.07, 6.45) is 0. The lowest BCUT2D eigenvalue weighted by Gasteiger charge is -2.31. The lowest BCUT2D eigenvalue weighted by molar-refractivity contribution is -0.384. The van der Waals surface area contributed by atoms with Gasteiger partial charge in [0.2, 0.25) is 5.78 Å². The van der Waals surface area contributed by atoms with Gasteiger partial charge in [-0.25, -0.2) is 4.98 Å². The zero-order chi connectivity index (χ0) is 23.7. The number of aromatic nitrogens is 1. The molecular weight excluding hydrogens is 448 g/mol. The summed E-state index contributed by atoms with van der Waals surface area (Å²) >= 11 is 1.21. The Morgan fingerprint density at radius 1 is 1.24 bits per heavy atom. The summed E-state index contributed by atoms with van der Waals surface area (Å²) in [7, 11) is 0. The number of hydrogen-bond acceptors (Lipinski definition) is 9. The third kappa shape index (κ3) is 4.52. The highest BCUT2D eigenvalue weighted by atomic mass is 32.1. The number of carbonyl (C=O) groups excluding carboxylic acids is 2. The molecule has 1 aromatic carbocycles. The van der Waals surface area contributed by atoms with Crippen molar-refractivity contribution in [3.05, 3.63) is 66.9 Å². The predicted octanol–water partition coefficient (Wildman–Crippen LogP) is 2.58. The molecule has 11 heteroatoms. The van der Waals surface area contributed by atoms with Crippen LogP contribution in [0.15, 0.2) is 35.6 Å². The van der Waals surface area contributed by atoms with Crippen LogP contribution in [0.25, 0.3) is 0 Å². The molecule has 4 rings (SSSR count). The molecule has 0 radical (unpaired) electrons. The van der Waals surface area contributed by atoms with Gasteiger partial charge in [0.25, 0.3) is 11.6 Å². The van der Waals surface area contributed by atoms with Gasteiger partial charge >= 0.3 is 0 Å². The molecule has 2 aliphatic heterocycles. The first kappa shape index (κ1) is 23.0. The first-order valence-corrected chi connectivity index (χ1v) is 11.4. The van der Waals surface area contributed by atoms with Gasteiger partial charge in [-0.3, -0.25) is 24.6 Å². The van der Waals surface area contributed by atoms with E-state index in [0.29, 0.717) is 40.9 Å². The lowest BCUT2D eigenvalue weighted by atomic mass is 9.95. The van der Waals surface area contributed by atoms with Crippen molar-refractivity contribution < 1.29 is 24.4 Å². The van der Waals surface area contributed by atoms with Crippen LogP contribution in [0.2, 0.25) is 0 Å². The maximum absolute atomic E-state index is 13.5. The van der Waals surface area contributed by atoms with E-state index in [2.05, 4.69) is 9.88 Å². The van der Waals surface area contributed by atoms with Crippen molar-refractivity contribution in [3.63, 3.8) is 0 Å². The molecule has 1 saturated heterocycles. The van der Waals surface area contributed by atoms with E-state index >= 15 is 0 Å². The summed E-state index contributed by atoms with van der Waals surface area (Å²) in [6.45, 7) is 7.00. The standard InChI is InChI=1S/C22H24N4O6S/c1-13-21(33-14(2)23-13)19(27)17-18(15-3-5-16(6-4-15)26(30)31)25(22(29)20(17)28)8-7-24-9-11-32-12-10-24/h3-6,18,28H,7-12H2,1-2H3/t18-/m0/s1. The average Bonchev–Trinajstić information content (AvgIpc) is 3.28. The SMILES string of the molecule is Cc1nc(C)c(C(=O)C2=C(O)C(=O)N(CCN3CCOCC3)[C@H]2c2ccc([N+](=O)[O-])cc2)s1. The number of ketones is 1. The molecule has 1 amide bonds. The van der Waals surface area contributed by atoms with Crippen molar-refractivity contribution in [3.8, 4) is 0 Å².